The SMILES string of the molecule is CCC(CC)(NC(=O)Nc1cccc(OC)c1)C(N)=S. The maximum absolute atomic E-state index is 12.1. The monoisotopic (exact) mass is 295 g/mol. The van der Waals surface area contributed by atoms with E-state index in [-0.39, 0.29) is 6.03 Å². The molecule has 0 aliphatic rings. The van der Waals surface area contributed by atoms with Crippen molar-refractivity contribution >= 4 is 28.9 Å². The van der Waals surface area contributed by atoms with E-state index < -0.39 is 5.54 Å². The lowest BCUT2D eigenvalue weighted by Gasteiger charge is -2.31. The summed E-state index contributed by atoms with van der Waals surface area (Å²) in [7, 11) is 1.57. The molecule has 5 nitrogen and oxygen atoms in total. The number of hydrogen-bond donors (Lipinski definition) is 3. The van der Waals surface area contributed by atoms with Gasteiger partial charge in [0.25, 0.3) is 0 Å². The lowest BCUT2D eigenvalue weighted by atomic mass is 9.93. The van der Waals surface area contributed by atoms with Crippen molar-refractivity contribution in [2.24, 2.45) is 5.73 Å². The van der Waals surface area contributed by atoms with Crippen molar-refractivity contribution in [3.8, 4) is 5.75 Å². The number of thiocarbonyl (C=S) groups is 1. The zero-order chi connectivity index (χ0) is 15.2. The quantitative estimate of drug-likeness (QED) is 0.705. The van der Waals surface area contributed by atoms with E-state index in [9.17, 15) is 4.79 Å². The van der Waals surface area contributed by atoms with Crippen molar-refractivity contribution in [3.05, 3.63) is 24.3 Å². The number of benzene rings is 1. The molecule has 0 fully saturated rings. The lowest BCUT2D eigenvalue weighted by Crippen LogP contribution is -2.57. The number of ether oxygens (including phenoxy) is 1. The molecule has 0 aliphatic heterocycles. The summed E-state index contributed by atoms with van der Waals surface area (Å²) in [6.45, 7) is 3.88. The van der Waals surface area contributed by atoms with Gasteiger partial charge in [-0.2, -0.15) is 0 Å². The fourth-order valence-electron chi connectivity index (χ4n) is 1.92. The average molecular weight is 295 g/mol. The Morgan fingerprint density at radius 3 is 2.55 bits per heavy atom. The number of urea groups is 1. The minimum absolute atomic E-state index is 0.295. The number of hydrogen-bond acceptors (Lipinski definition) is 3. The molecule has 1 aromatic carbocycles. The molecule has 0 spiro atoms. The van der Waals surface area contributed by atoms with Crippen molar-refractivity contribution in [1.82, 2.24) is 5.32 Å². The molecule has 0 saturated carbocycles. The number of nitrogens with one attached hydrogen (secondary N) is 2. The number of methoxy groups -OCH3 is 1. The van der Waals surface area contributed by atoms with Gasteiger partial charge in [0.15, 0.2) is 0 Å². The van der Waals surface area contributed by atoms with E-state index >= 15 is 0 Å². The molecule has 0 radical (unpaired) electrons. The molecule has 0 aromatic heterocycles. The smallest absolute Gasteiger partial charge is 0.320 e. The zero-order valence-corrected chi connectivity index (χ0v) is 12.8. The second kappa shape index (κ2) is 7.09. The molecule has 0 unspecified atom stereocenters. The number of rotatable bonds is 6. The second-order valence-electron chi connectivity index (χ2n) is 4.46. The van der Waals surface area contributed by atoms with Crippen molar-refractivity contribution in [3.63, 3.8) is 0 Å². The van der Waals surface area contributed by atoms with E-state index in [2.05, 4.69) is 10.6 Å². The largest absolute Gasteiger partial charge is 0.497 e. The molecule has 1 aromatic rings. The summed E-state index contributed by atoms with van der Waals surface area (Å²) in [5, 5.41) is 5.61. The number of amides is 2. The van der Waals surface area contributed by atoms with Crippen LogP contribution in [0.1, 0.15) is 26.7 Å². The lowest BCUT2D eigenvalue weighted by molar-refractivity contribution is 0.243. The minimum Gasteiger partial charge on any atom is -0.497 e. The van der Waals surface area contributed by atoms with Crippen molar-refractivity contribution < 1.29 is 9.53 Å². The number of carbonyl (C=O) groups excluding carboxylic acids is 1. The van der Waals surface area contributed by atoms with Crippen LogP contribution in [0.2, 0.25) is 0 Å². The van der Waals surface area contributed by atoms with Crippen LogP contribution in [0, 0.1) is 0 Å². The Hall–Kier alpha value is -1.82. The third kappa shape index (κ3) is 3.84. The normalized spacial score (nSPS) is 10.8. The van der Waals surface area contributed by atoms with E-state index in [4.69, 9.17) is 22.7 Å². The standard InChI is InChI=1S/C14H21N3O2S/c1-4-14(5-2,12(15)20)17-13(18)16-10-7-6-8-11(9-10)19-3/h6-9H,4-5H2,1-3H3,(H2,15,20)(H2,16,17,18). The summed E-state index contributed by atoms with van der Waals surface area (Å²) >= 11 is 5.07. The summed E-state index contributed by atoms with van der Waals surface area (Å²) in [5.41, 5.74) is 5.74. The first kappa shape index (κ1) is 16.2. The van der Waals surface area contributed by atoms with Crippen molar-refractivity contribution in [2.45, 2.75) is 32.2 Å². The third-order valence-corrected chi connectivity index (χ3v) is 3.75. The molecule has 4 N–H and O–H groups in total. The Morgan fingerprint density at radius 2 is 2.05 bits per heavy atom. The molecule has 0 saturated heterocycles. The molecule has 0 aliphatic carbocycles. The van der Waals surface area contributed by atoms with E-state index in [1.807, 2.05) is 13.8 Å². The van der Waals surface area contributed by atoms with Crippen LogP contribution in [-0.2, 0) is 0 Å². The first-order chi connectivity index (χ1) is 9.47. The van der Waals surface area contributed by atoms with Crippen LogP contribution in [-0.4, -0.2) is 23.7 Å². The van der Waals surface area contributed by atoms with Crippen LogP contribution in [0.15, 0.2) is 24.3 Å². The Labute approximate surface area is 124 Å². The Balaban J connectivity index is 2.78. The number of carbonyl (C=O) groups is 1. The molecular formula is C14H21N3O2S. The van der Waals surface area contributed by atoms with Gasteiger partial charge < -0.3 is 21.1 Å². The van der Waals surface area contributed by atoms with Crippen LogP contribution in [0.3, 0.4) is 0 Å². The van der Waals surface area contributed by atoms with Gasteiger partial charge in [0.2, 0.25) is 0 Å². The van der Waals surface area contributed by atoms with Crippen LogP contribution in [0.25, 0.3) is 0 Å². The van der Waals surface area contributed by atoms with E-state index in [1.54, 1.807) is 31.4 Å². The predicted molar refractivity (Wildman–Crippen MR) is 85.2 cm³/mol. The number of nitrogens with two attached hydrogens (primary N) is 1. The summed E-state index contributed by atoms with van der Waals surface area (Å²) < 4.78 is 5.11. The topological polar surface area (TPSA) is 76.4 Å². The fourth-order valence-corrected chi connectivity index (χ4v) is 2.26. The molecule has 20 heavy (non-hydrogen) atoms. The average Bonchev–Trinajstić information content (AvgIpc) is 2.44. The van der Waals surface area contributed by atoms with Crippen LogP contribution in [0.5, 0.6) is 5.75 Å². The van der Waals surface area contributed by atoms with Gasteiger partial charge >= 0.3 is 6.03 Å². The maximum atomic E-state index is 12.1. The van der Waals surface area contributed by atoms with Gasteiger partial charge in [-0.3, -0.25) is 0 Å². The Bertz CT molecular complexity index is 487. The van der Waals surface area contributed by atoms with Crippen LogP contribution in [0.4, 0.5) is 10.5 Å². The van der Waals surface area contributed by atoms with Crippen molar-refractivity contribution in [1.29, 1.82) is 0 Å². The van der Waals surface area contributed by atoms with E-state index in [1.165, 1.54) is 0 Å². The highest BCUT2D eigenvalue weighted by molar-refractivity contribution is 7.80. The van der Waals surface area contributed by atoms with Gasteiger partial charge in [-0.25, -0.2) is 4.79 Å². The van der Waals surface area contributed by atoms with Gasteiger partial charge in [-0.15, -0.1) is 0 Å². The highest BCUT2D eigenvalue weighted by atomic mass is 32.1. The van der Waals surface area contributed by atoms with Gasteiger partial charge in [0.1, 0.15) is 5.75 Å². The molecular weight excluding hydrogens is 274 g/mol. The summed E-state index contributed by atoms with van der Waals surface area (Å²) in [6.07, 6.45) is 1.29. The van der Waals surface area contributed by atoms with Crippen LogP contribution >= 0.6 is 12.2 Å². The molecule has 6 heteroatoms. The third-order valence-electron chi connectivity index (χ3n) is 3.36. The summed E-state index contributed by atoms with van der Waals surface area (Å²) in [4.78, 5) is 12.4. The second-order valence-corrected chi connectivity index (χ2v) is 4.90. The van der Waals surface area contributed by atoms with E-state index in [0.717, 1.165) is 0 Å². The first-order valence-corrected chi connectivity index (χ1v) is 6.91. The van der Waals surface area contributed by atoms with Gasteiger partial charge in [0, 0.05) is 11.8 Å². The van der Waals surface area contributed by atoms with Gasteiger partial charge in [-0.1, -0.05) is 32.1 Å². The molecule has 0 bridgehead atoms. The molecule has 110 valence electrons. The zero-order valence-electron chi connectivity index (χ0n) is 12.0. The molecule has 0 heterocycles. The molecule has 2 amide bonds. The molecule has 0 atom stereocenters. The molecule has 1 rings (SSSR count). The van der Waals surface area contributed by atoms with Crippen molar-refractivity contribution in [2.75, 3.05) is 12.4 Å². The highest BCUT2D eigenvalue weighted by Crippen LogP contribution is 2.18. The maximum Gasteiger partial charge on any atom is 0.320 e. The summed E-state index contributed by atoms with van der Waals surface area (Å²) in [5.74, 6) is 0.675. The van der Waals surface area contributed by atoms with Gasteiger partial charge in [-0.05, 0) is 25.0 Å². The predicted octanol–water partition coefficient (Wildman–Crippen LogP) is 2.66. The Morgan fingerprint density at radius 1 is 1.40 bits per heavy atom. The van der Waals surface area contributed by atoms with Gasteiger partial charge in [0.05, 0.1) is 17.6 Å². The Kier molecular flexibility index (Phi) is 5.76. The fraction of sp³-hybridized carbons (Fsp3) is 0.429. The number of anilines is 1. The minimum atomic E-state index is -0.654. The van der Waals surface area contributed by atoms with Crippen LogP contribution < -0.4 is 21.1 Å². The highest BCUT2D eigenvalue weighted by Gasteiger charge is 2.31. The first-order valence-electron chi connectivity index (χ1n) is 6.50. The summed E-state index contributed by atoms with van der Waals surface area (Å²) in [6, 6.07) is 6.78. The van der Waals surface area contributed by atoms with E-state index in [0.29, 0.717) is 29.3 Å².